The Balaban J connectivity index is 2.68. The second-order valence-electron chi connectivity index (χ2n) is 6.46. The van der Waals surface area contributed by atoms with Crippen molar-refractivity contribution in [3.63, 3.8) is 0 Å². The fourth-order valence-corrected chi connectivity index (χ4v) is 2.02. The molecule has 1 atom stereocenters. The van der Waals surface area contributed by atoms with Gasteiger partial charge in [0.25, 0.3) is 5.91 Å². The highest BCUT2D eigenvalue weighted by atomic mass is 16.1. The van der Waals surface area contributed by atoms with Gasteiger partial charge in [-0.25, -0.2) is 0 Å². The number of benzene rings is 1. The van der Waals surface area contributed by atoms with Gasteiger partial charge in [-0.15, -0.1) is 0 Å². The molecule has 0 aliphatic rings. The Morgan fingerprint density at radius 3 is 2.16 bits per heavy atom. The molecule has 0 saturated carbocycles. The lowest BCUT2D eigenvalue weighted by molar-refractivity contribution is 0.0934. The largest absolute Gasteiger partial charge is 0.348 e. The summed E-state index contributed by atoms with van der Waals surface area (Å²) in [7, 11) is 4.00. The first kappa shape index (κ1) is 15.7. The minimum atomic E-state index is -0.00481. The Morgan fingerprint density at radius 2 is 1.74 bits per heavy atom. The van der Waals surface area contributed by atoms with Crippen LogP contribution in [0.2, 0.25) is 0 Å². The van der Waals surface area contributed by atoms with E-state index in [0.717, 1.165) is 12.1 Å². The number of nitrogens with zero attached hydrogens (tertiary/aromatic N) is 1. The van der Waals surface area contributed by atoms with Gasteiger partial charge < -0.3 is 10.2 Å². The van der Waals surface area contributed by atoms with E-state index in [0.29, 0.717) is 0 Å². The van der Waals surface area contributed by atoms with Crippen LogP contribution in [0.25, 0.3) is 0 Å². The van der Waals surface area contributed by atoms with Crippen molar-refractivity contribution in [2.24, 2.45) is 0 Å². The molecule has 1 N–H and O–H groups in total. The highest BCUT2D eigenvalue weighted by Crippen LogP contribution is 2.22. The summed E-state index contributed by atoms with van der Waals surface area (Å²) in [6.45, 7) is 9.36. The summed E-state index contributed by atoms with van der Waals surface area (Å²) in [6.07, 6.45) is 0. The third kappa shape index (κ3) is 5.03. The second-order valence-corrected chi connectivity index (χ2v) is 6.46. The summed E-state index contributed by atoms with van der Waals surface area (Å²) in [6, 6.07) is 8.01. The molecule has 0 fully saturated rings. The van der Waals surface area contributed by atoms with Crippen LogP contribution in [0.15, 0.2) is 24.3 Å². The molecule has 0 radical (unpaired) electrons. The van der Waals surface area contributed by atoms with Gasteiger partial charge in [0, 0.05) is 18.2 Å². The lowest BCUT2D eigenvalue weighted by Gasteiger charge is -2.20. The number of nitrogens with one attached hydrogen (secondary N) is 1. The minimum absolute atomic E-state index is 0.00481. The first-order valence-electron chi connectivity index (χ1n) is 6.76. The van der Waals surface area contributed by atoms with E-state index in [-0.39, 0.29) is 17.4 Å². The van der Waals surface area contributed by atoms with E-state index in [4.69, 9.17) is 0 Å². The second kappa shape index (κ2) is 6.20. The summed E-state index contributed by atoms with van der Waals surface area (Å²) in [5.41, 5.74) is 2.08. The van der Waals surface area contributed by atoms with Gasteiger partial charge in [0.05, 0.1) is 0 Å². The van der Waals surface area contributed by atoms with Crippen molar-refractivity contribution in [2.45, 2.75) is 39.2 Å². The van der Waals surface area contributed by atoms with Gasteiger partial charge in [-0.3, -0.25) is 4.79 Å². The van der Waals surface area contributed by atoms with E-state index in [1.54, 1.807) is 0 Å². The third-order valence-corrected chi connectivity index (χ3v) is 3.03. The maximum Gasteiger partial charge on any atom is 0.251 e. The monoisotopic (exact) mass is 262 g/mol. The Labute approximate surface area is 117 Å². The highest BCUT2D eigenvalue weighted by Gasteiger charge is 2.15. The number of carbonyl (C=O) groups excluding carboxylic acids is 1. The van der Waals surface area contributed by atoms with E-state index in [1.165, 1.54) is 5.56 Å². The highest BCUT2D eigenvalue weighted by molar-refractivity contribution is 5.94. The van der Waals surface area contributed by atoms with Gasteiger partial charge >= 0.3 is 0 Å². The molecule has 0 bridgehead atoms. The summed E-state index contributed by atoms with van der Waals surface area (Å²) < 4.78 is 0. The van der Waals surface area contributed by atoms with Gasteiger partial charge in [-0.2, -0.15) is 0 Å². The summed E-state index contributed by atoms with van der Waals surface area (Å²) in [5, 5.41) is 3.01. The van der Waals surface area contributed by atoms with Crippen molar-refractivity contribution in [3.8, 4) is 0 Å². The molecule has 3 heteroatoms. The molecule has 0 saturated heterocycles. The van der Waals surface area contributed by atoms with Gasteiger partial charge in [-0.1, -0.05) is 32.9 Å². The molecular weight excluding hydrogens is 236 g/mol. The first-order chi connectivity index (χ1) is 8.70. The van der Waals surface area contributed by atoms with Gasteiger partial charge in [0.2, 0.25) is 0 Å². The van der Waals surface area contributed by atoms with E-state index >= 15 is 0 Å². The maximum atomic E-state index is 12.1. The average Bonchev–Trinajstić information content (AvgIpc) is 2.26. The van der Waals surface area contributed by atoms with Crippen molar-refractivity contribution in [1.29, 1.82) is 0 Å². The van der Waals surface area contributed by atoms with E-state index in [2.05, 4.69) is 31.0 Å². The van der Waals surface area contributed by atoms with Crippen LogP contribution in [-0.2, 0) is 5.41 Å². The normalized spacial score (nSPS) is 13.4. The van der Waals surface area contributed by atoms with Crippen molar-refractivity contribution >= 4 is 5.91 Å². The van der Waals surface area contributed by atoms with Crippen LogP contribution in [0.3, 0.4) is 0 Å². The van der Waals surface area contributed by atoms with E-state index in [1.807, 2.05) is 45.3 Å². The zero-order valence-electron chi connectivity index (χ0n) is 12.9. The number of hydrogen-bond donors (Lipinski definition) is 1. The predicted molar refractivity (Wildman–Crippen MR) is 80.6 cm³/mol. The smallest absolute Gasteiger partial charge is 0.251 e. The van der Waals surface area contributed by atoms with Crippen LogP contribution in [0.4, 0.5) is 0 Å². The SMILES string of the molecule is CC(CN(C)C)NC(=O)c1ccc(C(C)(C)C)cc1. The summed E-state index contributed by atoms with van der Waals surface area (Å²) in [4.78, 5) is 14.1. The summed E-state index contributed by atoms with van der Waals surface area (Å²) in [5.74, 6) is -0.00481. The fourth-order valence-electron chi connectivity index (χ4n) is 2.02. The molecule has 1 aromatic carbocycles. The van der Waals surface area contributed by atoms with Crippen LogP contribution < -0.4 is 5.32 Å². The van der Waals surface area contributed by atoms with Crippen LogP contribution >= 0.6 is 0 Å². The molecule has 0 spiro atoms. The average molecular weight is 262 g/mol. The first-order valence-corrected chi connectivity index (χ1v) is 6.76. The van der Waals surface area contributed by atoms with Crippen LogP contribution in [-0.4, -0.2) is 37.5 Å². The quantitative estimate of drug-likeness (QED) is 0.905. The lowest BCUT2D eigenvalue weighted by atomic mass is 9.86. The fraction of sp³-hybridized carbons (Fsp3) is 0.562. The molecule has 0 aliphatic heterocycles. The molecule has 0 aliphatic carbocycles. The Kier molecular flexibility index (Phi) is 5.12. The Morgan fingerprint density at radius 1 is 1.21 bits per heavy atom. The molecule has 0 heterocycles. The number of hydrogen-bond acceptors (Lipinski definition) is 2. The number of rotatable bonds is 4. The Bertz CT molecular complexity index is 415. The summed E-state index contributed by atoms with van der Waals surface area (Å²) >= 11 is 0. The van der Waals surface area contributed by atoms with E-state index in [9.17, 15) is 4.79 Å². The van der Waals surface area contributed by atoms with Gasteiger partial charge in [0.1, 0.15) is 0 Å². The molecule has 1 unspecified atom stereocenters. The minimum Gasteiger partial charge on any atom is -0.348 e. The molecule has 19 heavy (non-hydrogen) atoms. The zero-order chi connectivity index (χ0) is 14.6. The van der Waals surface area contributed by atoms with Crippen molar-refractivity contribution < 1.29 is 4.79 Å². The number of carbonyl (C=O) groups is 1. The van der Waals surface area contributed by atoms with Crippen LogP contribution in [0, 0.1) is 0 Å². The third-order valence-electron chi connectivity index (χ3n) is 3.03. The molecule has 1 amide bonds. The molecular formula is C16H26N2O. The molecule has 3 nitrogen and oxygen atoms in total. The number of amides is 1. The predicted octanol–water partition coefficient (Wildman–Crippen LogP) is 2.66. The zero-order valence-corrected chi connectivity index (χ0v) is 12.9. The topological polar surface area (TPSA) is 32.3 Å². The molecule has 106 valence electrons. The Hall–Kier alpha value is -1.35. The maximum absolute atomic E-state index is 12.1. The molecule has 1 aromatic rings. The van der Waals surface area contributed by atoms with Crippen molar-refractivity contribution in [1.82, 2.24) is 10.2 Å². The van der Waals surface area contributed by atoms with Gasteiger partial charge in [0.15, 0.2) is 0 Å². The van der Waals surface area contributed by atoms with E-state index < -0.39 is 0 Å². The van der Waals surface area contributed by atoms with Crippen molar-refractivity contribution in [2.75, 3.05) is 20.6 Å². The standard InChI is InChI=1S/C16H26N2O/c1-12(11-18(5)6)17-15(19)13-7-9-14(10-8-13)16(2,3)4/h7-10,12H,11H2,1-6H3,(H,17,19). The van der Waals surface area contributed by atoms with Crippen LogP contribution in [0.1, 0.15) is 43.6 Å². The van der Waals surface area contributed by atoms with Gasteiger partial charge in [-0.05, 0) is 44.1 Å². The molecule has 0 aromatic heterocycles. The lowest BCUT2D eigenvalue weighted by Crippen LogP contribution is -2.39. The van der Waals surface area contributed by atoms with Crippen LogP contribution in [0.5, 0.6) is 0 Å². The van der Waals surface area contributed by atoms with Crippen molar-refractivity contribution in [3.05, 3.63) is 35.4 Å². The molecule has 1 rings (SSSR count). The number of likely N-dealkylation sites (N-methyl/N-ethyl adjacent to an activating group) is 1.